The second-order valence-corrected chi connectivity index (χ2v) is 11.2. The van der Waals surface area contributed by atoms with Crippen molar-refractivity contribution in [2.75, 3.05) is 0 Å². The van der Waals surface area contributed by atoms with E-state index in [0.717, 1.165) is 4.47 Å². The SMILES string of the molecule is CC1(C)c2ccccc2-c2ccc(-c3c4ccccc4c(-c4ccccc4)c4ccc(Br)cc34)cc21. The van der Waals surface area contributed by atoms with Gasteiger partial charge in [-0.25, -0.2) is 0 Å². The van der Waals surface area contributed by atoms with Crippen molar-refractivity contribution < 1.29 is 0 Å². The number of hydrogen-bond donors (Lipinski definition) is 0. The maximum Gasteiger partial charge on any atom is 0.0181 e. The van der Waals surface area contributed by atoms with Gasteiger partial charge in [0.2, 0.25) is 0 Å². The molecule has 0 aromatic heterocycles. The summed E-state index contributed by atoms with van der Waals surface area (Å²) >= 11 is 3.77. The van der Waals surface area contributed by atoms with Gasteiger partial charge >= 0.3 is 0 Å². The lowest BCUT2D eigenvalue weighted by Gasteiger charge is -2.23. The number of rotatable bonds is 2. The normalized spacial score (nSPS) is 13.6. The van der Waals surface area contributed by atoms with Gasteiger partial charge in [0.15, 0.2) is 0 Å². The van der Waals surface area contributed by atoms with E-state index >= 15 is 0 Å². The molecule has 36 heavy (non-hydrogen) atoms. The Morgan fingerprint density at radius 3 is 1.86 bits per heavy atom. The molecule has 6 aromatic rings. The Morgan fingerprint density at radius 1 is 0.472 bits per heavy atom. The van der Waals surface area contributed by atoms with E-state index in [1.54, 1.807) is 0 Å². The Kier molecular flexibility index (Phi) is 4.75. The van der Waals surface area contributed by atoms with Crippen LogP contribution < -0.4 is 0 Å². The van der Waals surface area contributed by atoms with Crippen LogP contribution in [0.2, 0.25) is 0 Å². The van der Waals surface area contributed by atoms with Gasteiger partial charge in [0.1, 0.15) is 0 Å². The third-order valence-electron chi connectivity index (χ3n) is 7.92. The molecule has 172 valence electrons. The molecule has 0 amide bonds. The molecule has 0 atom stereocenters. The minimum Gasteiger partial charge on any atom is -0.0622 e. The first kappa shape index (κ1) is 21.6. The molecule has 1 heteroatoms. The number of fused-ring (bicyclic) bond motifs is 5. The molecule has 7 rings (SSSR count). The van der Waals surface area contributed by atoms with Gasteiger partial charge in [-0.1, -0.05) is 127 Å². The van der Waals surface area contributed by atoms with Crippen LogP contribution in [-0.4, -0.2) is 0 Å². The third kappa shape index (κ3) is 3.06. The minimum atomic E-state index is -0.0297. The largest absolute Gasteiger partial charge is 0.0622 e. The highest BCUT2D eigenvalue weighted by atomic mass is 79.9. The van der Waals surface area contributed by atoms with Gasteiger partial charge in [-0.2, -0.15) is 0 Å². The number of halogens is 1. The molecular weight excluding hydrogens is 500 g/mol. The monoisotopic (exact) mass is 524 g/mol. The molecular formula is C35H25Br. The Bertz CT molecular complexity index is 1810. The predicted molar refractivity (Wildman–Crippen MR) is 158 cm³/mol. The topological polar surface area (TPSA) is 0 Å². The van der Waals surface area contributed by atoms with E-state index in [4.69, 9.17) is 0 Å². The highest BCUT2D eigenvalue weighted by Gasteiger charge is 2.35. The summed E-state index contributed by atoms with van der Waals surface area (Å²) < 4.78 is 1.10. The molecule has 0 bridgehead atoms. The summed E-state index contributed by atoms with van der Waals surface area (Å²) in [5.41, 5.74) is 10.6. The molecule has 1 aliphatic rings. The fraction of sp³-hybridized carbons (Fsp3) is 0.0857. The van der Waals surface area contributed by atoms with E-state index in [9.17, 15) is 0 Å². The third-order valence-corrected chi connectivity index (χ3v) is 8.41. The van der Waals surface area contributed by atoms with Crippen LogP contribution in [0.4, 0.5) is 0 Å². The smallest absolute Gasteiger partial charge is 0.0181 e. The van der Waals surface area contributed by atoms with Gasteiger partial charge < -0.3 is 0 Å². The van der Waals surface area contributed by atoms with Crippen molar-refractivity contribution >= 4 is 37.5 Å². The van der Waals surface area contributed by atoms with Crippen LogP contribution in [0.25, 0.3) is 54.9 Å². The van der Waals surface area contributed by atoms with E-state index in [1.807, 2.05) is 0 Å². The zero-order valence-corrected chi connectivity index (χ0v) is 21.9. The second kappa shape index (κ2) is 7.91. The first-order valence-corrected chi connectivity index (χ1v) is 13.3. The van der Waals surface area contributed by atoms with Crippen LogP contribution in [-0.2, 0) is 5.41 Å². The summed E-state index contributed by atoms with van der Waals surface area (Å²) in [6, 6.07) is 42.3. The Hall–Kier alpha value is -3.68. The summed E-state index contributed by atoms with van der Waals surface area (Å²) in [5.74, 6) is 0. The molecule has 0 saturated carbocycles. The van der Waals surface area contributed by atoms with Crippen LogP contribution in [0.5, 0.6) is 0 Å². The molecule has 0 N–H and O–H groups in total. The van der Waals surface area contributed by atoms with E-state index in [1.165, 1.54) is 66.1 Å². The van der Waals surface area contributed by atoms with Crippen LogP contribution in [0, 0.1) is 0 Å². The molecule has 0 aliphatic heterocycles. The van der Waals surface area contributed by atoms with Crippen LogP contribution in [0.1, 0.15) is 25.0 Å². The molecule has 1 aliphatic carbocycles. The predicted octanol–water partition coefficient (Wildman–Crippen LogP) is 10.4. The summed E-state index contributed by atoms with van der Waals surface area (Å²) in [5, 5.41) is 5.13. The van der Waals surface area contributed by atoms with Gasteiger partial charge in [-0.15, -0.1) is 0 Å². The van der Waals surface area contributed by atoms with Crippen molar-refractivity contribution in [3.8, 4) is 33.4 Å². The fourth-order valence-corrected chi connectivity index (χ4v) is 6.60. The fourth-order valence-electron chi connectivity index (χ4n) is 6.24. The maximum atomic E-state index is 3.77. The summed E-state index contributed by atoms with van der Waals surface area (Å²) in [7, 11) is 0. The van der Waals surface area contributed by atoms with E-state index < -0.39 is 0 Å². The van der Waals surface area contributed by atoms with Crippen molar-refractivity contribution in [1.82, 2.24) is 0 Å². The van der Waals surface area contributed by atoms with Crippen molar-refractivity contribution in [3.05, 3.63) is 131 Å². The first-order chi connectivity index (χ1) is 17.5. The lowest BCUT2D eigenvalue weighted by molar-refractivity contribution is 0.660. The summed E-state index contributed by atoms with van der Waals surface area (Å²) in [6.45, 7) is 4.71. The Morgan fingerprint density at radius 2 is 1.08 bits per heavy atom. The molecule has 0 nitrogen and oxygen atoms in total. The molecule has 0 saturated heterocycles. The number of hydrogen-bond acceptors (Lipinski definition) is 0. The molecule has 0 unspecified atom stereocenters. The van der Waals surface area contributed by atoms with Crippen LogP contribution >= 0.6 is 15.9 Å². The van der Waals surface area contributed by atoms with Crippen LogP contribution in [0.3, 0.4) is 0 Å². The highest BCUT2D eigenvalue weighted by Crippen LogP contribution is 2.51. The lowest BCUT2D eigenvalue weighted by atomic mass is 9.80. The van der Waals surface area contributed by atoms with Gasteiger partial charge in [-0.3, -0.25) is 0 Å². The molecule has 0 fully saturated rings. The lowest BCUT2D eigenvalue weighted by Crippen LogP contribution is -2.14. The highest BCUT2D eigenvalue weighted by molar-refractivity contribution is 9.10. The molecule has 0 radical (unpaired) electrons. The second-order valence-electron chi connectivity index (χ2n) is 10.3. The van der Waals surface area contributed by atoms with E-state index in [2.05, 4.69) is 145 Å². The van der Waals surface area contributed by atoms with Crippen LogP contribution in [0.15, 0.2) is 120 Å². The Balaban J connectivity index is 1.59. The summed E-state index contributed by atoms with van der Waals surface area (Å²) in [4.78, 5) is 0. The van der Waals surface area contributed by atoms with Gasteiger partial charge in [0.25, 0.3) is 0 Å². The van der Waals surface area contributed by atoms with Crippen molar-refractivity contribution in [2.24, 2.45) is 0 Å². The van der Waals surface area contributed by atoms with Crippen molar-refractivity contribution in [3.63, 3.8) is 0 Å². The summed E-state index contributed by atoms with van der Waals surface area (Å²) in [6.07, 6.45) is 0. The average molecular weight is 525 g/mol. The standard InChI is InChI=1S/C35H25Br/c1-35(2)31-15-9-8-12-25(31)26-18-16-23(20-32(26)35)34-28-14-7-6-13-27(28)33(22-10-4-3-5-11-22)29-19-17-24(36)21-30(29)34/h3-21H,1-2H3. The zero-order chi connectivity index (χ0) is 24.4. The van der Waals surface area contributed by atoms with Gasteiger partial charge in [0, 0.05) is 9.89 Å². The van der Waals surface area contributed by atoms with E-state index in [0.29, 0.717) is 0 Å². The zero-order valence-electron chi connectivity index (χ0n) is 20.3. The molecule has 0 spiro atoms. The average Bonchev–Trinajstić information content (AvgIpc) is 3.14. The number of benzene rings is 6. The van der Waals surface area contributed by atoms with Gasteiger partial charge in [-0.05, 0) is 84.3 Å². The van der Waals surface area contributed by atoms with E-state index in [-0.39, 0.29) is 5.41 Å². The minimum absolute atomic E-state index is 0.0297. The van der Waals surface area contributed by atoms with Crippen molar-refractivity contribution in [1.29, 1.82) is 0 Å². The van der Waals surface area contributed by atoms with Crippen molar-refractivity contribution in [2.45, 2.75) is 19.3 Å². The first-order valence-electron chi connectivity index (χ1n) is 12.5. The molecule has 6 aromatic carbocycles. The quantitative estimate of drug-likeness (QED) is 0.197. The Labute approximate surface area is 220 Å². The maximum absolute atomic E-state index is 3.77. The molecule has 0 heterocycles. The van der Waals surface area contributed by atoms with Gasteiger partial charge in [0.05, 0.1) is 0 Å².